The van der Waals surface area contributed by atoms with Crippen molar-refractivity contribution in [3.63, 3.8) is 0 Å². The number of benzene rings is 1. The predicted molar refractivity (Wildman–Crippen MR) is 123 cm³/mol. The van der Waals surface area contributed by atoms with Crippen molar-refractivity contribution in [1.29, 1.82) is 0 Å². The maximum atomic E-state index is 14.2. The molecule has 4 N–H and O–H groups in total. The minimum atomic E-state index is -0.353. The lowest BCUT2D eigenvalue weighted by Gasteiger charge is -2.05. The van der Waals surface area contributed by atoms with Crippen LogP contribution in [0.15, 0.2) is 67.4 Å². The molecular formula is C24H17FN8. The summed E-state index contributed by atoms with van der Waals surface area (Å²) in [5.41, 5.74) is 12.4. The van der Waals surface area contributed by atoms with Crippen LogP contribution in [0.1, 0.15) is 5.56 Å². The normalized spacial score (nSPS) is 11.5. The van der Waals surface area contributed by atoms with Gasteiger partial charge in [-0.2, -0.15) is 5.10 Å². The molecule has 0 amide bonds. The molecule has 0 unspecified atom stereocenters. The zero-order chi connectivity index (χ0) is 22.4. The van der Waals surface area contributed by atoms with Gasteiger partial charge in [-0.25, -0.2) is 14.4 Å². The van der Waals surface area contributed by atoms with Crippen molar-refractivity contribution in [2.45, 2.75) is 6.54 Å². The van der Waals surface area contributed by atoms with E-state index in [-0.39, 0.29) is 12.4 Å². The molecule has 6 aromatic rings. The van der Waals surface area contributed by atoms with Crippen LogP contribution in [0.2, 0.25) is 0 Å². The van der Waals surface area contributed by atoms with Crippen molar-refractivity contribution >= 4 is 22.1 Å². The first-order valence-corrected chi connectivity index (χ1v) is 10.3. The van der Waals surface area contributed by atoms with Crippen molar-refractivity contribution in [1.82, 2.24) is 35.1 Å². The van der Waals surface area contributed by atoms with Crippen molar-refractivity contribution in [3.05, 3.63) is 78.8 Å². The van der Waals surface area contributed by atoms with Gasteiger partial charge < -0.3 is 10.7 Å². The molecule has 9 heteroatoms. The molecule has 0 aliphatic rings. The fourth-order valence-corrected chi connectivity index (χ4v) is 3.96. The molecule has 0 radical (unpaired) electrons. The highest BCUT2D eigenvalue weighted by molar-refractivity contribution is 5.96. The summed E-state index contributed by atoms with van der Waals surface area (Å²) < 4.78 is 14.2. The molecule has 33 heavy (non-hydrogen) atoms. The molecule has 6 rings (SSSR count). The average molecular weight is 436 g/mol. The molecule has 5 heterocycles. The Balaban J connectivity index is 1.50. The Bertz CT molecular complexity index is 1620. The van der Waals surface area contributed by atoms with Crippen molar-refractivity contribution in [3.8, 4) is 33.8 Å². The van der Waals surface area contributed by atoms with Gasteiger partial charge in [0.15, 0.2) is 11.5 Å². The highest BCUT2D eigenvalue weighted by Crippen LogP contribution is 2.32. The van der Waals surface area contributed by atoms with E-state index in [2.05, 4.69) is 30.1 Å². The number of nitrogens with one attached hydrogen (secondary N) is 2. The molecular weight excluding hydrogens is 419 g/mol. The average Bonchev–Trinajstić information content (AvgIpc) is 3.47. The minimum Gasteiger partial charge on any atom is -0.335 e. The Labute approximate surface area is 186 Å². The maximum Gasteiger partial charge on any atom is 0.181 e. The molecule has 0 spiro atoms. The van der Waals surface area contributed by atoms with E-state index in [1.165, 1.54) is 12.1 Å². The number of hydrogen-bond acceptors (Lipinski definition) is 6. The zero-order valence-corrected chi connectivity index (χ0v) is 17.2. The fourth-order valence-electron chi connectivity index (χ4n) is 3.96. The molecule has 0 aliphatic carbocycles. The third kappa shape index (κ3) is 3.31. The van der Waals surface area contributed by atoms with E-state index in [1.54, 1.807) is 31.0 Å². The number of hydrogen-bond donors (Lipinski definition) is 3. The SMILES string of the molecule is NCc1cc(F)cc(-c2cncc3[nH]c(-c4[nH]nc5ncc(-c6cccnc6)cc45)nc23)c1. The highest BCUT2D eigenvalue weighted by Gasteiger charge is 2.17. The van der Waals surface area contributed by atoms with Gasteiger partial charge in [0, 0.05) is 48.0 Å². The molecule has 0 saturated heterocycles. The van der Waals surface area contributed by atoms with Crippen molar-refractivity contribution < 1.29 is 4.39 Å². The van der Waals surface area contributed by atoms with E-state index in [0.29, 0.717) is 39.4 Å². The summed E-state index contributed by atoms with van der Waals surface area (Å²) >= 11 is 0. The summed E-state index contributed by atoms with van der Waals surface area (Å²) in [5.74, 6) is 0.233. The zero-order valence-electron chi connectivity index (χ0n) is 17.2. The van der Waals surface area contributed by atoms with E-state index < -0.39 is 0 Å². The topological polar surface area (TPSA) is 122 Å². The summed E-state index contributed by atoms with van der Waals surface area (Å²) in [6.45, 7) is 0.242. The van der Waals surface area contributed by atoms with Gasteiger partial charge >= 0.3 is 0 Å². The van der Waals surface area contributed by atoms with E-state index in [0.717, 1.165) is 22.0 Å². The van der Waals surface area contributed by atoms with Gasteiger partial charge in [-0.05, 0) is 41.5 Å². The second-order valence-electron chi connectivity index (χ2n) is 7.66. The largest absolute Gasteiger partial charge is 0.335 e. The van der Waals surface area contributed by atoms with Crippen molar-refractivity contribution in [2.75, 3.05) is 0 Å². The number of aromatic amines is 2. The van der Waals surface area contributed by atoms with Crippen LogP contribution < -0.4 is 5.73 Å². The number of rotatable bonds is 4. The number of pyridine rings is 3. The Morgan fingerprint density at radius 1 is 0.939 bits per heavy atom. The first-order valence-electron chi connectivity index (χ1n) is 10.3. The summed E-state index contributed by atoms with van der Waals surface area (Å²) in [6.07, 6.45) is 8.65. The van der Waals surface area contributed by atoms with Gasteiger partial charge in [0.05, 0.1) is 22.6 Å². The third-order valence-electron chi connectivity index (χ3n) is 5.54. The Morgan fingerprint density at radius 2 is 1.88 bits per heavy atom. The molecule has 1 aromatic carbocycles. The predicted octanol–water partition coefficient (Wildman–Crippen LogP) is 4.22. The van der Waals surface area contributed by atoms with Crippen LogP contribution in [0.3, 0.4) is 0 Å². The second kappa shape index (κ2) is 7.57. The van der Waals surface area contributed by atoms with E-state index >= 15 is 0 Å². The fraction of sp³-hybridized carbons (Fsp3) is 0.0417. The Kier molecular flexibility index (Phi) is 4.41. The summed E-state index contributed by atoms with van der Waals surface area (Å²) in [7, 11) is 0. The number of halogens is 1. The standard InChI is InChI=1S/C24H17FN8/c25-17-5-13(8-26)4-15(6-17)19-11-28-12-20-21(19)31-24(30-20)22-18-7-16(10-29-23(18)33-32-22)14-2-1-3-27-9-14/h1-7,9-12H,8,26H2,(H,30,31)(H,29,32,33). The quantitative estimate of drug-likeness (QED) is 0.380. The van der Waals surface area contributed by atoms with E-state index in [4.69, 9.17) is 10.7 Å². The highest BCUT2D eigenvalue weighted by atomic mass is 19.1. The molecule has 0 saturated carbocycles. The summed E-state index contributed by atoms with van der Waals surface area (Å²) in [6, 6.07) is 10.6. The van der Waals surface area contributed by atoms with Crippen LogP contribution in [0.4, 0.5) is 4.39 Å². The van der Waals surface area contributed by atoms with Gasteiger partial charge in [-0.3, -0.25) is 15.1 Å². The van der Waals surface area contributed by atoms with Crippen LogP contribution in [-0.4, -0.2) is 35.1 Å². The summed E-state index contributed by atoms with van der Waals surface area (Å²) in [5, 5.41) is 8.18. The smallest absolute Gasteiger partial charge is 0.181 e. The number of fused-ring (bicyclic) bond motifs is 2. The Morgan fingerprint density at radius 3 is 2.73 bits per heavy atom. The molecule has 0 fully saturated rings. The van der Waals surface area contributed by atoms with Crippen LogP contribution in [-0.2, 0) is 6.54 Å². The van der Waals surface area contributed by atoms with E-state index in [9.17, 15) is 4.39 Å². The first-order chi connectivity index (χ1) is 16.2. The lowest BCUT2D eigenvalue weighted by atomic mass is 10.0. The van der Waals surface area contributed by atoms with Crippen LogP contribution in [0.25, 0.3) is 55.8 Å². The van der Waals surface area contributed by atoms with Gasteiger partial charge in [0.2, 0.25) is 0 Å². The van der Waals surface area contributed by atoms with Crippen molar-refractivity contribution in [2.24, 2.45) is 5.73 Å². The van der Waals surface area contributed by atoms with Crippen LogP contribution in [0.5, 0.6) is 0 Å². The van der Waals surface area contributed by atoms with Crippen LogP contribution in [0, 0.1) is 5.82 Å². The second-order valence-corrected chi connectivity index (χ2v) is 7.66. The van der Waals surface area contributed by atoms with Crippen LogP contribution >= 0.6 is 0 Å². The number of nitrogens with zero attached hydrogens (tertiary/aromatic N) is 5. The molecule has 5 aromatic heterocycles. The third-order valence-corrected chi connectivity index (χ3v) is 5.54. The van der Waals surface area contributed by atoms with Gasteiger partial charge in [-0.15, -0.1) is 0 Å². The van der Waals surface area contributed by atoms with Gasteiger partial charge in [0.1, 0.15) is 11.5 Å². The number of aromatic nitrogens is 7. The molecule has 0 atom stereocenters. The lowest BCUT2D eigenvalue weighted by molar-refractivity contribution is 0.626. The van der Waals surface area contributed by atoms with Gasteiger partial charge in [0.25, 0.3) is 0 Å². The number of imidazole rings is 1. The number of nitrogens with two attached hydrogens (primary N) is 1. The first kappa shape index (κ1) is 19.2. The van der Waals surface area contributed by atoms with Gasteiger partial charge in [-0.1, -0.05) is 6.07 Å². The maximum absolute atomic E-state index is 14.2. The molecule has 160 valence electrons. The molecule has 8 nitrogen and oxygen atoms in total. The monoisotopic (exact) mass is 436 g/mol. The lowest BCUT2D eigenvalue weighted by Crippen LogP contribution is -1.97. The molecule has 0 bridgehead atoms. The van der Waals surface area contributed by atoms with E-state index in [1.807, 2.05) is 24.3 Å². The molecule has 0 aliphatic heterocycles. The summed E-state index contributed by atoms with van der Waals surface area (Å²) in [4.78, 5) is 21.1. The number of H-pyrrole nitrogens is 2. The minimum absolute atomic E-state index is 0.242. The Hall–Kier alpha value is -4.50.